The van der Waals surface area contributed by atoms with Gasteiger partial charge in [0.1, 0.15) is 11.9 Å². The highest BCUT2D eigenvalue weighted by atomic mass is 16.5. The number of aryl methyl sites for hydroxylation is 2. The van der Waals surface area contributed by atoms with Crippen LogP contribution in [0, 0.1) is 13.8 Å². The van der Waals surface area contributed by atoms with Gasteiger partial charge in [-0.2, -0.15) is 0 Å². The highest BCUT2D eigenvalue weighted by Gasteiger charge is 2.25. The standard InChI is InChI=1S/C27H37N3O2/c1-17(2)25-23-15-22(32-21-9-11-30(12-10-21)16-27(5,6)31)7-8-24(23)29-26(25)20-13-18(3)28-19(4)14-20/h7-8,13-15,17,21,29,31H,9-12,16H2,1-6H3. The SMILES string of the molecule is Cc1cc(-c2[nH]c3ccc(OC4CCN(CC(C)(C)O)CC4)cc3c2C(C)C)cc(C)n1. The summed E-state index contributed by atoms with van der Waals surface area (Å²) in [5, 5.41) is 11.3. The van der Waals surface area contributed by atoms with Crippen LogP contribution in [0.15, 0.2) is 30.3 Å². The molecule has 0 saturated carbocycles. The second-order valence-electron chi connectivity index (χ2n) is 10.3. The molecule has 1 fully saturated rings. The number of rotatable bonds is 6. The maximum atomic E-state index is 10.1. The number of hydrogen-bond donors (Lipinski definition) is 2. The van der Waals surface area contributed by atoms with Crippen molar-refractivity contribution in [3.63, 3.8) is 0 Å². The van der Waals surface area contributed by atoms with Gasteiger partial charge in [-0.15, -0.1) is 0 Å². The Balaban J connectivity index is 1.57. The average molecular weight is 436 g/mol. The normalized spacial score (nSPS) is 16.2. The Labute approximate surface area is 191 Å². The van der Waals surface area contributed by atoms with E-state index in [4.69, 9.17) is 4.74 Å². The molecule has 1 aliphatic heterocycles. The first-order chi connectivity index (χ1) is 15.1. The molecule has 3 aromatic rings. The Bertz CT molecular complexity index is 1070. The summed E-state index contributed by atoms with van der Waals surface area (Å²) < 4.78 is 6.42. The Morgan fingerprint density at radius 3 is 2.38 bits per heavy atom. The molecule has 4 rings (SSSR count). The van der Waals surface area contributed by atoms with Crippen LogP contribution in [0.1, 0.15) is 63.4 Å². The van der Waals surface area contributed by atoms with Crippen LogP contribution in [0.5, 0.6) is 5.75 Å². The van der Waals surface area contributed by atoms with Crippen molar-refractivity contribution in [1.29, 1.82) is 0 Å². The van der Waals surface area contributed by atoms with Crippen LogP contribution in [0.25, 0.3) is 22.2 Å². The molecule has 0 aliphatic carbocycles. The third-order valence-corrected chi connectivity index (χ3v) is 6.21. The van der Waals surface area contributed by atoms with Crippen LogP contribution < -0.4 is 4.74 Å². The number of likely N-dealkylation sites (tertiary alicyclic amines) is 1. The third-order valence-electron chi connectivity index (χ3n) is 6.21. The summed E-state index contributed by atoms with van der Waals surface area (Å²) >= 11 is 0. The van der Waals surface area contributed by atoms with Crippen molar-refractivity contribution >= 4 is 10.9 Å². The number of ether oxygens (including phenoxy) is 1. The van der Waals surface area contributed by atoms with Crippen molar-refractivity contribution in [2.75, 3.05) is 19.6 Å². The van der Waals surface area contributed by atoms with E-state index >= 15 is 0 Å². The molecule has 172 valence electrons. The lowest BCUT2D eigenvalue weighted by atomic mass is 9.96. The molecule has 2 aromatic heterocycles. The van der Waals surface area contributed by atoms with Crippen molar-refractivity contribution in [3.05, 3.63) is 47.3 Å². The monoisotopic (exact) mass is 435 g/mol. The van der Waals surface area contributed by atoms with Gasteiger partial charge in [0.25, 0.3) is 0 Å². The summed E-state index contributed by atoms with van der Waals surface area (Å²) in [6, 6.07) is 10.7. The number of aliphatic hydroxyl groups is 1. The second kappa shape index (κ2) is 8.87. The van der Waals surface area contributed by atoms with Gasteiger partial charge in [0.05, 0.1) is 11.3 Å². The highest BCUT2D eigenvalue weighted by molar-refractivity contribution is 5.92. The first-order valence-electron chi connectivity index (χ1n) is 11.8. The number of β-amino-alcohol motifs (C(OH)–C–C–N with tert-alkyl or cyclic N) is 1. The minimum atomic E-state index is -0.649. The number of pyridine rings is 1. The summed E-state index contributed by atoms with van der Waals surface area (Å²) in [6.07, 6.45) is 2.19. The van der Waals surface area contributed by atoms with Crippen LogP contribution in [-0.4, -0.2) is 51.3 Å². The summed E-state index contributed by atoms with van der Waals surface area (Å²) in [5.41, 5.74) is 6.27. The predicted octanol–water partition coefficient (Wildman–Crippen LogP) is 5.58. The maximum Gasteiger partial charge on any atom is 0.120 e. The van der Waals surface area contributed by atoms with Gasteiger partial charge in [0, 0.05) is 47.5 Å². The van der Waals surface area contributed by atoms with Gasteiger partial charge in [-0.25, -0.2) is 0 Å². The fourth-order valence-electron chi connectivity index (χ4n) is 5.00. The molecule has 0 unspecified atom stereocenters. The van der Waals surface area contributed by atoms with Gasteiger partial charge in [-0.05, 0) is 82.3 Å². The van der Waals surface area contributed by atoms with Gasteiger partial charge >= 0.3 is 0 Å². The average Bonchev–Trinajstić information content (AvgIpc) is 3.07. The molecule has 1 aliphatic rings. The number of fused-ring (bicyclic) bond motifs is 1. The minimum Gasteiger partial charge on any atom is -0.490 e. The van der Waals surface area contributed by atoms with Crippen LogP contribution in [0.3, 0.4) is 0 Å². The van der Waals surface area contributed by atoms with E-state index in [1.807, 2.05) is 27.7 Å². The number of aromatic amines is 1. The highest BCUT2D eigenvalue weighted by Crippen LogP contribution is 2.37. The van der Waals surface area contributed by atoms with Crippen LogP contribution in [-0.2, 0) is 0 Å². The molecule has 2 N–H and O–H groups in total. The quantitative estimate of drug-likeness (QED) is 0.530. The van der Waals surface area contributed by atoms with Crippen molar-refractivity contribution in [2.45, 2.75) is 72.0 Å². The van der Waals surface area contributed by atoms with E-state index in [9.17, 15) is 5.11 Å². The predicted molar refractivity (Wildman–Crippen MR) is 131 cm³/mol. The summed E-state index contributed by atoms with van der Waals surface area (Å²) in [5.74, 6) is 1.32. The van der Waals surface area contributed by atoms with Crippen LogP contribution in [0.4, 0.5) is 0 Å². The second-order valence-corrected chi connectivity index (χ2v) is 10.3. The Morgan fingerprint density at radius 2 is 1.78 bits per heavy atom. The number of nitrogens with one attached hydrogen (secondary N) is 1. The lowest BCUT2D eigenvalue weighted by Crippen LogP contribution is -2.45. The Kier molecular flexibility index (Phi) is 6.33. The molecular formula is C27H37N3O2. The van der Waals surface area contributed by atoms with Crippen molar-refractivity contribution in [2.24, 2.45) is 0 Å². The topological polar surface area (TPSA) is 61.4 Å². The molecule has 0 amide bonds. The van der Waals surface area contributed by atoms with E-state index in [1.165, 1.54) is 22.2 Å². The molecule has 5 heteroatoms. The number of aromatic nitrogens is 2. The Hall–Kier alpha value is -2.37. The summed E-state index contributed by atoms with van der Waals surface area (Å²) in [7, 11) is 0. The van der Waals surface area contributed by atoms with Crippen molar-refractivity contribution < 1.29 is 9.84 Å². The summed E-state index contributed by atoms with van der Waals surface area (Å²) in [6.45, 7) is 15.0. The zero-order valence-corrected chi connectivity index (χ0v) is 20.3. The molecule has 5 nitrogen and oxygen atoms in total. The fourth-order valence-corrected chi connectivity index (χ4v) is 5.00. The number of piperidine rings is 1. The Morgan fingerprint density at radius 1 is 1.12 bits per heavy atom. The summed E-state index contributed by atoms with van der Waals surface area (Å²) in [4.78, 5) is 10.5. The zero-order valence-electron chi connectivity index (χ0n) is 20.3. The largest absolute Gasteiger partial charge is 0.490 e. The van der Waals surface area contributed by atoms with E-state index in [2.05, 4.69) is 59.0 Å². The molecule has 0 spiro atoms. The van der Waals surface area contributed by atoms with E-state index < -0.39 is 5.60 Å². The lowest BCUT2D eigenvalue weighted by molar-refractivity contribution is 0.0140. The molecular weight excluding hydrogens is 398 g/mol. The zero-order chi connectivity index (χ0) is 23.0. The molecule has 0 bridgehead atoms. The van der Waals surface area contributed by atoms with Crippen LogP contribution in [0.2, 0.25) is 0 Å². The molecule has 1 saturated heterocycles. The fraction of sp³-hybridized carbons (Fsp3) is 0.519. The molecule has 3 heterocycles. The molecule has 0 radical (unpaired) electrons. The van der Waals surface area contributed by atoms with E-state index in [1.54, 1.807) is 0 Å². The first kappa shape index (κ1) is 22.8. The minimum absolute atomic E-state index is 0.219. The maximum absolute atomic E-state index is 10.1. The van der Waals surface area contributed by atoms with Gasteiger partial charge in [-0.1, -0.05) is 13.8 Å². The smallest absolute Gasteiger partial charge is 0.120 e. The van der Waals surface area contributed by atoms with E-state index in [-0.39, 0.29) is 6.10 Å². The van der Waals surface area contributed by atoms with Crippen molar-refractivity contribution in [3.8, 4) is 17.0 Å². The lowest BCUT2D eigenvalue weighted by Gasteiger charge is -2.35. The van der Waals surface area contributed by atoms with Gasteiger partial charge in [0.2, 0.25) is 0 Å². The molecule has 1 aromatic carbocycles. The van der Waals surface area contributed by atoms with Gasteiger partial charge in [0.15, 0.2) is 0 Å². The van der Waals surface area contributed by atoms with E-state index in [0.29, 0.717) is 12.5 Å². The number of benzene rings is 1. The molecule has 0 atom stereocenters. The number of H-pyrrole nitrogens is 1. The van der Waals surface area contributed by atoms with Crippen molar-refractivity contribution in [1.82, 2.24) is 14.9 Å². The first-order valence-corrected chi connectivity index (χ1v) is 11.8. The van der Waals surface area contributed by atoms with E-state index in [0.717, 1.165) is 48.6 Å². The number of hydrogen-bond acceptors (Lipinski definition) is 4. The van der Waals surface area contributed by atoms with Crippen LogP contribution >= 0.6 is 0 Å². The van der Waals surface area contributed by atoms with Gasteiger partial charge in [-0.3, -0.25) is 4.98 Å². The molecule has 32 heavy (non-hydrogen) atoms. The number of nitrogens with zero attached hydrogens (tertiary/aromatic N) is 2. The third kappa shape index (κ3) is 5.16. The van der Waals surface area contributed by atoms with Gasteiger partial charge < -0.3 is 19.7 Å².